The van der Waals surface area contributed by atoms with Crippen molar-refractivity contribution in [2.75, 3.05) is 25.0 Å². The molecule has 0 radical (unpaired) electrons. The first kappa shape index (κ1) is 16.8. The number of aromatic nitrogens is 3. The lowest BCUT2D eigenvalue weighted by Gasteiger charge is -2.18. The van der Waals surface area contributed by atoms with Gasteiger partial charge in [-0.3, -0.25) is 4.40 Å². The second-order valence-corrected chi connectivity index (χ2v) is 6.81. The molecule has 0 spiro atoms. The molecule has 0 saturated carbocycles. The summed E-state index contributed by atoms with van der Waals surface area (Å²) in [5, 5.41) is 8.66. The number of hydrogen-bond acceptors (Lipinski definition) is 5. The minimum absolute atomic E-state index is 0.801. The van der Waals surface area contributed by atoms with Crippen LogP contribution in [0, 0.1) is 0 Å². The highest BCUT2D eigenvalue weighted by atomic mass is 32.2. The Labute approximate surface area is 147 Å². The molecule has 0 fully saturated rings. The average Bonchev–Trinajstić information content (AvgIpc) is 3.03. The zero-order valence-electron chi connectivity index (χ0n) is 14.4. The zero-order chi connectivity index (χ0) is 16.9. The standard InChI is InChI=1S/C18H23N5S/c1-4-22(5-2)24-16-11-12-17-19-20-18(23(17)14-16)21(3)13-15-9-7-6-8-10-15/h6-12,14H,4-5,13H2,1-3H3. The van der Waals surface area contributed by atoms with Gasteiger partial charge in [0.25, 0.3) is 0 Å². The highest BCUT2D eigenvalue weighted by molar-refractivity contribution is 7.97. The summed E-state index contributed by atoms with van der Waals surface area (Å²) in [4.78, 5) is 3.32. The van der Waals surface area contributed by atoms with Crippen molar-refractivity contribution in [3.05, 3.63) is 54.2 Å². The van der Waals surface area contributed by atoms with Gasteiger partial charge in [0.05, 0.1) is 0 Å². The molecule has 0 amide bonds. The van der Waals surface area contributed by atoms with Crippen molar-refractivity contribution in [1.82, 2.24) is 18.9 Å². The predicted octanol–water partition coefficient (Wildman–Crippen LogP) is 3.71. The monoisotopic (exact) mass is 341 g/mol. The van der Waals surface area contributed by atoms with Gasteiger partial charge in [0.2, 0.25) is 5.95 Å². The van der Waals surface area contributed by atoms with Gasteiger partial charge >= 0.3 is 0 Å². The molecule has 6 heteroatoms. The van der Waals surface area contributed by atoms with Gasteiger partial charge in [-0.1, -0.05) is 44.2 Å². The molecule has 1 aromatic carbocycles. The van der Waals surface area contributed by atoms with Crippen LogP contribution < -0.4 is 4.90 Å². The lowest BCUT2D eigenvalue weighted by Crippen LogP contribution is -2.19. The van der Waals surface area contributed by atoms with E-state index in [-0.39, 0.29) is 0 Å². The summed E-state index contributed by atoms with van der Waals surface area (Å²) < 4.78 is 4.38. The van der Waals surface area contributed by atoms with Crippen LogP contribution in [-0.4, -0.2) is 39.0 Å². The van der Waals surface area contributed by atoms with E-state index >= 15 is 0 Å². The van der Waals surface area contributed by atoms with Crippen LogP contribution >= 0.6 is 11.9 Å². The van der Waals surface area contributed by atoms with Crippen LogP contribution in [0.1, 0.15) is 19.4 Å². The third kappa shape index (κ3) is 3.71. The van der Waals surface area contributed by atoms with Crippen molar-refractivity contribution in [1.29, 1.82) is 0 Å². The lowest BCUT2D eigenvalue weighted by molar-refractivity contribution is 0.524. The summed E-state index contributed by atoms with van der Waals surface area (Å²) in [7, 11) is 2.05. The summed E-state index contributed by atoms with van der Waals surface area (Å²) in [6.07, 6.45) is 2.12. The summed E-state index contributed by atoms with van der Waals surface area (Å²) in [5.41, 5.74) is 2.12. The van der Waals surface area contributed by atoms with Crippen LogP contribution in [0.3, 0.4) is 0 Å². The molecule has 0 saturated heterocycles. The van der Waals surface area contributed by atoms with Crippen molar-refractivity contribution in [2.45, 2.75) is 25.3 Å². The topological polar surface area (TPSA) is 36.7 Å². The van der Waals surface area contributed by atoms with Crippen LogP contribution in [0.2, 0.25) is 0 Å². The molecule has 2 aromatic heterocycles. The third-order valence-corrected chi connectivity index (χ3v) is 5.13. The maximum absolute atomic E-state index is 4.37. The molecule has 0 aliphatic carbocycles. The second-order valence-electron chi connectivity index (χ2n) is 5.64. The number of benzene rings is 1. The minimum atomic E-state index is 0.801. The normalized spacial score (nSPS) is 11.3. The molecule has 0 atom stereocenters. The Morgan fingerprint density at radius 1 is 1.00 bits per heavy atom. The summed E-state index contributed by atoms with van der Waals surface area (Å²) >= 11 is 1.77. The van der Waals surface area contributed by atoms with E-state index in [1.807, 2.05) is 19.2 Å². The van der Waals surface area contributed by atoms with E-state index in [1.165, 1.54) is 10.5 Å². The predicted molar refractivity (Wildman–Crippen MR) is 100 cm³/mol. The summed E-state index contributed by atoms with van der Waals surface area (Å²) in [6.45, 7) is 7.18. The molecular weight excluding hydrogens is 318 g/mol. The van der Waals surface area contributed by atoms with E-state index < -0.39 is 0 Å². The van der Waals surface area contributed by atoms with Crippen LogP contribution in [0.5, 0.6) is 0 Å². The van der Waals surface area contributed by atoms with Gasteiger partial charge in [-0.15, -0.1) is 10.2 Å². The average molecular weight is 341 g/mol. The van der Waals surface area contributed by atoms with E-state index in [2.05, 4.69) is 74.2 Å². The first-order chi connectivity index (χ1) is 11.7. The Bertz CT molecular complexity index is 782. The highest BCUT2D eigenvalue weighted by Gasteiger charge is 2.12. The van der Waals surface area contributed by atoms with Crippen molar-refractivity contribution >= 4 is 23.5 Å². The van der Waals surface area contributed by atoms with Crippen molar-refractivity contribution in [2.24, 2.45) is 0 Å². The maximum atomic E-state index is 4.37. The van der Waals surface area contributed by atoms with Gasteiger partial charge in [0, 0.05) is 37.8 Å². The van der Waals surface area contributed by atoms with Gasteiger partial charge in [0.1, 0.15) is 0 Å². The first-order valence-electron chi connectivity index (χ1n) is 8.24. The maximum Gasteiger partial charge on any atom is 0.231 e. The van der Waals surface area contributed by atoms with E-state index in [4.69, 9.17) is 0 Å². The Balaban J connectivity index is 1.85. The van der Waals surface area contributed by atoms with Crippen LogP contribution in [0.15, 0.2) is 53.6 Å². The molecule has 0 bridgehead atoms. The van der Waals surface area contributed by atoms with Crippen molar-refractivity contribution in [3.63, 3.8) is 0 Å². The molecule has 5 nitrogen and oxygen atoms in total. The van der Waals surface area contributed by atoms with E-state index in [9.17, 15) is 0 Å². The number of anilines is 1. The van der Waals surface area contributed by atoms with E-state index in [0.717, 1.165) is 31.2 Å². The Morgan fingerprint density at radius 3 is 2.46 bits per heavy atom. The number of nitrogens with zero attached hydrogens (tertiary/aromatic N) is 5. The fraction of sp³-hybridized carbons (Fsp3) is 0.333. The number of pyridine rings is 1. The van der Waals surface area contributed by atoms with Gasteiger partial charge in [-0.2, -0.15) is 0 Å². The van der Waals surface area contributed by atoms with Crippen molar-refractivity contribution in [3.8, 4) is 0 Å². The molecule has 126 valence electrons. The quantitative estimate of drug-likeness (QED) is 0.612. The number of fused-ring (bicyclic) bond motifs is 1. The Morgan fingerprint density at radius 2 is 1.75 bits per heavy atom. The molecule has 3 aromatic rings. The van der Waals surface area contributed by atoms with E-state index in [0.29, 0.717) is 0 Å². The van der Waals surface area contributed by atoms with Crippen LogP contribution in [0.25, 0.3) is 5.65 Å². The molecule has 0 N–H and O–H groups in total. The zero-order valence-corrected chi connectivity index (χ0v) is 15.2. The lowest BCUT2D eigenvalue weighted by atomic mass is 10.2. The summed E-state index contributed by atoms with van der Waals surface area (Å²) in [5.74, 6) is 0.857. The molecule has 24 heavy (non-hydrogen) atoms. The van der Waals surface area contributed by atoms with E-state index in [1.54, 1.807) is 11.9 Å². The third-order valence-electron chi connectivity index (χ3n) is 3.90. The highest BCUT2D eigenvalue weighted by Crippen LogP contribution is 2.24. The fourth-order valence-corrected chi connectivity index (χ4v) is 3.44. The SMILES string of the molecule is CCN(CC)Sc1ccc2nnc(N(C)Cc3ccccc3)n2c1. The number of rotatable bonds is 7. The second kappa shape index (κ2) is 7.68. The fourth-order valence-electron chi connectivity index (χ4n) is 2.60. The summed E-state index contributed by atoms with van der Waals surface area (Å²) in [6, 6.07) is 14.5. The Kier molecular flexibility index (Phi) is 5.37. The minimum Gasteiger partial charge on any atom is -0.339 e. The van der Waals surface area contributed by atoms with Gasteiger partial charge in [-0.05, 0) is 29.6 Å². The van der Waals surface area contributed by atoms with Crippen LogP contribution in [-0.2, 0) is 6.54 Å². The van der Waals surface area contributed by atoms with Gasteiger partial charge in [-0.25, -0.2) is 4.31 Å². The molecule has 0 aliphatic heterocycles. The molecule has 3 rings (SSSR count). The Hall–Kier alpha value is -2.05. The molecular formula is C18H23N5S. The van der Waals surface area contributed by atoms with Gasteiger partial charge in [0.15, 0.2) is 5.65 Å². The molecule has 2 heterocycles. The van der Waals surface area contributed by atoms with Crippen LogP contribution in [0.4, 0.5) is 5.95 Å². The first-order valence-corrected chi connectivity index (χ1v) is 9.01. The van der Waals surface area contributed by atoms with Gasteiger partial charge < -0.3 is 4.90 Å². The molecule has 0 aliphatic rings. The number of hydrogen-bond donors (Lipinski definition) is 0. The largest absolute Gasteiger partial charge is 0.339 e. The smallest absolute Gasteiger partial charge is 0.231 e. The van der Waals surface area contributed by atoms with Crippen molar-refractivity contribution < 1.29 is 0 Å². The molecule has 0 unspecified atom stereocenters.